The highest BCUT2D eigenvalue weighted by Crippen LogP contribution is 2.20. The summed E-state index contributed by atoms with van der Waals surface area (Å²) in [6.45, 7) is 2.22. The van der Waals surface area contributed by atoms with Gasteiger partial charge in [0.1, 0.15) is 0 Å². The molecular weight excluding hydrogens is 294 g/mol. The van der Waals surface area contributed by atoms with Crippen molar-refractivity contribution in [2.24, 2.45) is 0 Å². The number of hydrogen-bond acceptors (Lipinski definition) is 2. The zero-order valence-corrected chi connectivity index (χ0v) is 14.2. The van der Waals surface area contributed by atoms with Crippen molar-refractivity contribution in [3.8, 4) is 0 Å². The number of fused-ring (bicyclic) bond motifs is 1. The van der Waals surface area contributed by atoms with Gasteiger partial charge in [-0.05, 0) is 23.8 Å². The van der Waals surface area contributed by atoms with Gasteiger partial charge in [-0.15, -0.1) is 0 Å². The molecule has 0 aliphatic heterocycles. The Morgan fingerprint density at radius 3 is 2.50 bits per heavy atom. The van der Waals surface area contributed by atoms with Gasteiger partial charge in [0, 0.05) is 28.9 Å². The van der Waals surface area contributed by atoms with Gasteiger partial charge >= 0.3 is 0 Å². The monoisotopic (exact) mass is 317 g/mol. The van der Waals surface area contributed by atoms with Gasteiger partial charge < -0.3 is 0 Å². The Kier molecular flexibility index (Phi) is 5.37. The number of carbonyl (C=O) groups is 1. The number of aromatic nitrogens is 1. The summed E-state index contributed by atoms with van der Waals surface area (Å²) in [7, 11) is 0. The molecule has 2 heteroatoms. The Morgan fingerprint density at radius 2 is 1.71 bits per heavy atom. The molecule has 3 aromatic rings. The molecule has 1 heterocycles. The maximum absolute atomic E-state index is 12.8. The maximum Gasteiger partial charge on any atom is 0.195 e. The molecule has 122 valence electrons. The van der Waals surface area contributed by atoms with Crippen LogP contribution in [-0.4, -0.2) is 10.8 Å². The Balaban J connectivity index is 1.77. The average Bonchev–Trinajstić information content (AvgIpc) is 2.65. The summed E-state index contributed by atoms with van der Waals surface area (Å²) in [6, 6.07) is 15.9. The van der Waals surface area contributed by atoms with Gasteiger partial charge in [0.15, 0.2) is 5.78 Å². The number of hydrogen-bond donors (Lipinski definition) is 0. The molecule has 3 rings (SSSR count). The van der Waals surface area contributed by atoms with Gasteiger partial charge in [0.2, 0.25) is 0 Å². The van der Waals surface area contributed by atoms with Gasteiger partial charge in [0.25, 0.3) is 0 Å². The molecule has 24 heavy (non-hydrogen) atoms. The minimum atomic E-state index is 0.0387. The standard InChI is InChI=1S/C22H23NO/c1-2-3-4-5-8-17-11-13-18(14-12-17)22(24)21-16-23-15-19-9-6-7-10-20(19)21/h6-7,9-16H,2-5,8H2,1H3. The molecule has 0 aliphatic carbocycles. The molecule has 0 N–H and O–H groups in total. The smallest absolute Gasteiger partial charge is 0.195 e. The van der Waals surface area contributed by atoms with E-state index in [-0.39, 0.29) is 5.78 Å². The summed E-state index contributed by atoms with van der Waals surface area (Å²) in [5.41, 5.74) is 2.70. The normalized spacial score (nSPS) is 10.9. The summed E-state index contributed by atoms with van der Waals surface area (Å²) in [5.74, 6) is 0.0387. The lowest BCUT2D eigenvalue weighted by atomic mass is 9.98. The molecule has 0 fully saturated rings. The fourth-order valence-corrected chi connectivity index (χ4v) is 3.03. The van der Waals surface area contributed by atoms with Crippen molar-refractivity contribution >= 4 is 16.6 Å². The van der Waals surface area contributed by atoms with E-state index >= 15 is 0 Å². The number of carbonyl (C=O) groups excluding carboxylic acids is 1. The minimum absolute atomic E-state index is 0.0387. The first-order valence-electron chi connectivity index (χ1n) is 8.76. The average molecular weight is 317 g/mol. The van der Waals surface area contributed by atoms with Gasteiger partial charge in [-0.3, -0.25) is 9.78 Å². The number of pyridine rings is 1. The van der Waals surface area contributed by atoms with Crippen LogP contribution in [0.15, 0.2) is 60.9 Å². The predicted octanol–water partition coefficient (Wildman–Crippen LogP) is 5.59. The molecule has 0 saturated carbocycles. The Bertz CT molecular complexity index is 816. The van der Waals surface area contributed by atoms with Crippen LogP contribution in [0.3, 0.4) is 0 Å². The summed E-state index contributed by atoms with van der Waals surface area (Å²) in [4.78, 5) is 17.0. The third-order valence-electron chi connectivity index (χ3n) is 4.45. The van der Waals surface area contributed by atoms with Crippen LogP contribution in [-0.2, 0) is 6.42 Å². The van der Waals surface area contributed by atoms with Crippen molar-refractivity contribution in [2.45, 2.75) is 39.0 Å². The Labute approximate surface area is 143 Å². The van der Waals surface area contributed by atoms with E-state index < -0.39 is 0 Å². The third-order valence-corrected chi connectivity index (χ3v) is 4.45. The van der Waals surface area contributed by atoms with Gasteiger partial charge in [-0.25, -0.2) is 0 Å². The van der Waals surface area contributed by atoms with Crippen molar-refractivity contribution in [3.05, 3.63) is 77.6 Å². The minimum Gasteiger partial charge on any atom is -0.289 e. The van der Waals surface area contributed by atoms with E-state index in [0.717, 1.165) is 22.8 Å². The van der Waals surface area contributed by atoms with Gasteiger partial charge in [-0.1, -0.05) is 74.7 Å². The quantitative estimate of drug-likeness (QED) is 0.420. The van der Waals surface area contributed by atoms with E-state index in [4.69, 9.17) is 0 Å². The van der Waals surface area contributed by atoms with Crippen molar-refractivity contribution < 1.29 is 4.79 Å². The molecule has 0 atom stereocenters. The molecule has 0 spiro atoms. The number of rotatable bonds is 7. The zero-order valence-electron chi connectivity index (χ0n) is 14.2. The highest BCUT2D eigenvalue weighted by atomic mass is 16.1. The first kappa shape index (κ1) is 16.4. The maximum atomic E-state index is 12.8. The van der Waals surface area contributed by atoms with Gasteiger partial charge in [-0.2, -0.15) is 0 Å². The van der Waals surface area contributed by atoms with Crippen LogP contribution in [0.1, 0.15) is 54.1 Å². The first-order valence-corrected chi connectivity index (χ1v) is 8.76. The van der Waals surface area contributed by atoms with E-state index in [1.54, 1.807) is 12.4 Å². The molecular formula is C22H23NO. The lowest BCUT2D eigenvalue weighted by Gasteiger charge is -2.07. The lowest BCUT2D eigenvalue weighted by molar-refractivity contribution is 0.104. The molecule has 0 amide bonds. The third kappa shape index (κ3) is 3.70. The largest absolute Gasteiger partial charge is 0.289 e. The molecule has 0 aliphatic rings. The molecule has 1 aromatic heterocycles. The SMILES string of the molecule is CCCCCCc1ccc(C(=O)c2cncc3ccccc23)cc1. The molecule has 2 aromatic carbocycles. The fraction of sp³-hybridized carbons (Fsp3) is 0.273. The highest BCUT2D eigenvalue weighted by Gasteiger charge is 2.12. The first-order chi connectivity index (χ1) is 11.8. The topological polar surface area (TPSA) is 30.0 Å². The van der Waals surface area contributed by atoms with E-state index in [1.807, 2.05) is 36.4 Å². The van der Waals surface area contributed by atoms with E-state index in [9.17, 15) is 4.79 Å². The van der Waals surface area contributed by atoms with Gasteiger partial charge in [0.05, 0.1) is 0 Å². The second-order valence-electron chi connectivity index (χ2n) is 6.24. The van der Waals surface area contributed by atoms with Crippen LogP contribution in [0, 0.1) is 0 Å². The van der Waals surface area contributed by atoms with Crippen molar-refractivity contribution in [1.29, 1.82) is 0 Å². The second-order valence-corrected chi connectivity index (χ2v) is 6.24. The van der Waals surface area contributed by atoms with E-state index in [0.29, 0.717) is 5.56 Å². The number of aryl methyl sites for hydroxylation is 1. The summed E-state index contributed by atoms with van der Waals surface area (Å²) < 4.78 is 0. The second kappa shape index (κ2) is 7.87. The number of unbranched alkanes of at least 4 members (excludes halogenated alkanes) is 3. The Morgan fingerprint density at radius 1 is 0.917 bits per heavy atom. The zero-order chi connectivity index (χ0) is 16.8. The number of benzene rings is 2. The molecule has 0 bridgehead atoms. The molecule has 0 radical (unpaired) electrons. The van der Waals surface area contributed by atoms with Crippen molar-refractivity contribution in [1.82, 2.24) is 4.98 Å². The Hall–Kier alpha value is -2.48. The summed E-state index contributed by atoms with van der Waals surface area (Å²) >= 11 is 0. The van der Waals surface area contributed by atoms with Crippen LogP contribution in [0.25, 0.3) is 10.8 Å². The van der Waals surface area contributed by atoms with Crippen molar-refractivity contribution in [2.75, 3.05) is 0 Å². The molecule has 0 unspecified atom stereocenters. The van der Waals surface area contributed by atoms with E-state index in [2.05, 4.69) is 24.0 Å². The fourth-order valence-electron chi connectivity index (χ4n) is 3.03. The van der Waals surface area contributed by atoms with E-state index in [1.165, 1.54) is 31.2 Å². The summed E-state index contributed by atoms with van der Waals surface area (Å²) in [6.07, 6.45) is 9.60. The van der Waals surface area contributed by atoms with Crippen LogP contribution < -0.4 is 0 Å². The van der Waals surface area contributed by atoms with Crippen LogP contribution >= 0.6 is 0 Å². The number of ketones is 1. The molecule has 2 nitrogen and oxygen atoms in total. The van der Waals surface area contributed by atoms with Crippen LogP contribution in [0.4, 0.5) is 0 Å². The number of nitrogens with zero attached hydrogens (tertiary/aromatic N) is 1. The van der Waals surface area contributed by atoms with Crippen LogP contribution in [0.5, 0.6) is 0 Å². The van der Waals surface area contributed by atoms with Crippen LogP contribution in [0.2, 0.25) is 0 Å². The predicted molar refractivity (Wildman–Crippen MR) is 99.5 cm³/mol. The highest BCUT2D eigenvalue weighted by molar-refractivity contribution is 6.16. The summed E-state index contributed by atoms with van der Waals surface area (Å²) in [5, 5.41) is 1.96. The van der Waals surface area contributed by atoms with Crippen molar-refractivity contribution in [3.63, 3.8) is 0 Å². The molecule has 0 saturated heterocycles. The lowest BCUT2D eigenvalue weighted by Crippen LogP contribution is -2.03.